The maximum atomic E-state index is 13.1. The second-order valence-corrected chi connectivity index (χ2v) is 8.53. The second kappa shape index (κ2) is 7.80. The van der Waals surface area contributed by atoms with Gasteiger partial charge in [-0.3, -0.25) is 14.6 Å². The number of likely N-dealkylation sites (tertiary alicyclic amines) is 1. The third-order valence-electron chi connectivity index (χ3n) is 6.63. The number of benzene rings is 1. The molecule has 3 heterocycles. The zero-order chi connectivity index (χ0) is 19.0. The van der Waals surface area contributed by atoms with Crippen LogP contribution >= 0.6 is 0 Å². The summed E-state index contributed by atoms with van der Waals surface area (Å²) in [5.41, 5.74) is 3.11. The van der Waals surface area contributed by atoms with Gasteiger partial charge in [0, 0.05) is 68.9 Å². The van der Waals surface area contributed by atoms with Crippen molar-refractivity contribution in [3.05, 3.63) is 28.8 Å². The van der Waals surface area contributed by atoms with Crippen molar-refractivity contribution < 1.29 is 9.53 Å². The van der Waals surface area contributed by atoms with Crippen LogP contribution in [0.25, 0.3) is 0 Å². The van der Waals surface area contributed by atoms with Crippen molar-refractivity contribution in [3.63, 3.8) is 0 Å². The fraction of sp³-hybridized carbons (Fsp3) is 0.682. The number of carbonyl (C=O) groups excluding carboxylic acids is 1. The molecule has 3 aliphatic rings. The number of piperidine rings is 1. The molecule has 0 aromatic heterocycles. The van der Waals surface area contributed by atoms with Crippen LogP contribution in [0, 0.1) is 6.92 Å². The molecule has 0 saturated carbocycles. The van der Waals surface area contributed by atoms with Gasteiger partial charge in [0.25, 0.3) is 5.91 Å². The first-order valence-corrected chi connectivity index (χ1v) is 10.6. The van der Waals surface area contributed by atoms with E-state index in [1.165, 1.54) is 26.2 Å². The van der Waals surface area contributed by atoms with Gasteiger partial charge in [-0.2, -0.15) is 0 Å². The average Bonchev–Trinajstić information content (AvgIpc) is 3.19. The molecule has 5 heteroatoms. The number of aryl methyl sites for hydroxylation is 1. The number of ether oxygens (including phenoxy) is 1. The van der Waals surface area contributed by atoms with Gasteiger partial charge in [-0.15, -0.1) is 0 Å². The van der Waals surface area contributed by atoms with Crippen LogP contribution in [0.4, 0.5) is 0 Å². The summed E-state index contributed by atoms with van der Waals surface area (Å²) < 4.78 is 5.75. The van der Waals surface area contributed by atoms with Crippen LogP contribution in [0.1, 0.15) is 48.2 Å². The summed E-state index contributed by atoms with van der Waals surface area (Å²) in [6, 6.07) is 5.31. The normalized spacial score (nSPS) is 22.1. The lowest BCUT2D eigenvalue weighted by Gasteiger charge is -2.43. The van der Waals surface area contributed by atoms with Crippen molar-refractivity contribution in [2.45, 2.75) is 52.1 Å². The molecule has 1 amide bonds. The Hall–Kier alpha value is -1.59. The Bertz CT molecular complexity index is 687. The van der Waals surface area contributed by atoms with E-state index in [4.69, 9.17) is 4.74 Å². The molecule has 1 aromatic rings. The summed E-state index contributed by atoms with van der Waals surface area (Å²) in [5.74, 6) is 1.14. The summed E-state index contributed by atoms with van der Waals surface area (Å²) in [5, 5.41) is 0. The Morgan fingerprint density at radius 3 is 2.44 bits per heavy atom. The fourth-order valence-electron chi connectivity index (χ4n) is 4.87. The number of hydrogen-bond donors (Lipinski definition) is 0. The minimum absolute atomic E-state index is 0.194. The molecular formula is C22H33N3O2. The third kappa shape index (κ3) is 3.72. The van der Waals surface area contributed by atoms with Crippen LogP contribution in [0.2, 0.25) is 0 Å². The van der Waals surface area contributed by atoms with Gasteiger partial charge in [0.2, 0.25) is 0 Å². The Morgan fingerprint density at radius 1 is 1.07 bits per heavy atom. The fourth-order valence-corrected chi connectivity index (χ4v) is 4.87. The first-order chi connectivity index (χ1) is 13.0. The minimum atomic E-state index is 0.194. The van der Waals surface area contributed by atoms with Gasteiger partial charge in [-0.1, -0.05) is 6.07 Å². The second-order valence-electron chi connectivity index (χ2n) is 8.53. The molecule has 148 valence electrons. The first-order valence-electron chi connectivity index (χ1n) is 10.6. The highest BCUT2D eigenvalue weighted by molar-refractivity contribution is 5.96. The Labute approximate surface area is 163 Å². The van der Waals surface area contributed by atoms with Gasteiger partial charge in [0.05, 0.1) is 6.61 Å². The van der Waals surface area contributed by atoms with Crippen LogP contribution in [0.15, 0.2) is 12.1 Å². The molecule has 0 spiro atoms. The number of hydrogen-bond acceptors (Lipinski definition) is 4. The highest BCUT2D eigenvalue weighted by Crippen LogP contribution is 2.33. The van der Waals surface area contributed by atoms with E-state index in [1.54, 1.807) is 0 Å². The summed E-state index contributed by atoms with van der Waals surface area (Å²) in [7, 11) is 0. The highest BCUT2D eigenvalue weighted by Gasteiger charge is 2.31. The van der Waals surface area contributed by atoms with Crippen LogP contribution in [-0.4, -0.2) is 78.6 Å². The number of rotatable bonds is 3. The predicted molar refractivity (Wildman–Crippen MR) is 108 cm³/mol. The van der Waals surface area contributed by atoms with Crippen LogP contribution in [-0.2, 0) is 6.42 Å². The van der Waals surface area contributed by atoms with Crippen molar-refractivity contribution in [2.24, 2.45) is 0 Å². The quantitative estimate of drug-likeness (QED) is 0.818. The summed E-state index contributed by atoms with van der Waals surface area (Å²) in [6.45, 7) is 13.7. The largest absolute Gasteiger partial charge is 0.493 e. The standard InChI is InChI=1S/C22H33N3O2/c1-16(2)23-11-13-24(14-12-23)18-6-9-25(10-7-18)22(26)20-5-4-17(3)21-19(20)8-15-27-21/h4-5,16,18H,6-15H2,1-3H3. The van der Waals surface area contributed by atoms with E-state index in [0.29, 0.717) is 18.7 Å². The van der Waals surface area contributed by atoms with Crippen LogP contribution < -0.4 is 4.74 Å². The van der Waals surface area contributed by atoms with E-state index < -0.39 is 0 Å². The lowest BCUT2D eigenvalue weighted by Crippen LogP contribution is -2.54. The van der Waals surface area contributed by atoms with Gasteiger partial charge in [-0.05, 0) is 45.2 Å². The molecule has 0 N–H and O–H groups in total. The van der Waals surface area contributed by atoms with E-state index in [2.05, 4.69) is 35.5 Å². The molecule has 27 heavy (non-hydrogen) atoms. The molecule has 2 saturated heterocycles. The monoisotopic (exact) mass is 371 g/mol. The summed E-state index contributed by atoms with van der Waals surface area (Å²) >= 11 is 0. The number of fused-ring (bicyclic) bond motifs is 1. The van der Waals surface area contributed by atoms with Crippen molar-refractivity contribution in [1.29, 1.82) is 0 Å². The van der Waals surface area contributed by atoms with Crippen LogP contribution in [0.5, 0.6) is 5.75 Å². The molecule has 4 rings (SSSR count). The Morgan fingerprint density at radius 2 is 1.78 bits per heavy atom. The van der Waals surface area contributed by atoms with E-state index in [1.807, 2.05) is 12.1 Å². The molecule has 5 nitrogen and oxygen atoms in total. The first kappa shape index (κ1) is 18.8. The van der Waals surface area contributed by atoms with Crippen molar-refractivity contribution in [2.75, 3.05) is 45.9 Å². The van der Waals surface area contributed by atoms with E-state index in [0.717, 1.165) is 54.8 Å². The van der Waals surface area contributed by atoms with E-state index >= 15 is 0 Å². The van der Waals surface area contributed by atoms with Gasteiger partial charge in [0.15, 0.2) is 0 Å². The lowest BCUT2D eigenvalue weighted by atomic mass is 9.98. The predicted octanol–water partition coefficient (Wildman–Crippen LogP) is 2.56. The molecule has 3 aliphatic heterocycles. The maximum Gasteiger partial charge on any atom is 0.254 e. The molecule has 1 aromatic carbocycles. The van der Waals surface area contributed by atoms with Gasteiger partial charge in [0.1, 0.15) is 5.75 Å². The average molecular weight is 372 g/mol. The summed E-state index contributed by atoms with van der Waals surface area (Å²) in [4.78, 5) is 20.4. The molecule has 2 fully saturated rings. The zero-order valence-corrected chi connectivity index (χ0v) is 17.0. The Balaban J connectivity index is 1.35. The molecule has 0 bridgehead atoms. The molecular weight excluding hydrogens is 338 g/mol. The smallest absolute Gasteiger partial charge is 0.254 e. The number of carbonyl (C=O) groups is 1. The van der Waals surface area contributed by atoms with Crippen LogP contribution in [0.3, 0.4) is 0 Å². The van der Waals surface area contributed by atoms with Gasteiger partial charge < -0.3 is 9.64 Å². The van der Waals surface area contributed by atoms with Crippen molar-refractivity contribution >= 4 is 5.91 Å². The van der Waals surface area contributed by atoms with E-state index in [9.17, 15) is 4.79 Å². The lowest BCUT2D eigenvalue weighted by molar-refractivity contribution is 0.0420. The maximum absolute atomic E-state index is 13.1. The van der Waals surface area contributed by atoms with Gasteiger partial charge in [-0.25, -0.2) is 0 Å². The Kier molecular flexibility index (Phi) is 5.42. The third-order valence-corrected chi connectivity index (χ3v) is 6.63. The van der Waals surface area contributed by atoms with Crippen molar-refractivity contribution in [3.8, 4) is 5.75 Å². The molecule has 0 unspecified atom stereocenters. The number of nitrogens with zero attached hydrogens (tertiary/aromatic N) is 3. The van der Waals surface area contributed by atoms with E-state index in [-0.39, 0.29) is 5.91 Å². The number of amides is 1. The zero-order valence-electron chi connectivity index (χ0n) is 17.0. The summed E-state index contributed by atoms with van der Waals surface area (Å²) in [6.07, 6.45) is 3.05. The molecule has 0 aliphatic carbocycles. The molecule has 0 atom stereocenters. The topological polar surface area (TPSA) is 36.0 Å². The molecule has 0 radical (unpaired) electrons. The SMILES string of the molecule is Cc1ccc(C(=O)N2CCC(N3CCN(C(C)C)CC3)CC2)c2c1OCC2. The highest BCUT2D eigenvalue weighted by atomic mass is 16.5. The minimum Gasteiger partial charge on any atom is -0.493 e. The van der Waals surface area contributed by atoms with Gasteiger partial charge >= 0.3 is 0 Å². The van der Waals surface area contributed by atoms with Crippen molar-refractivity contribution in [1.82, 2.24) is 14.7 Å². The number of piperazine rings is 1.